The summed E-state index contributed by atoms with van der Waals surface area (Å²) in [6, 6.07) is -0.473. The van der Waals surface area contributed by atoms with Gasteiger partial charge >= 0.3 is 6.03 Å². The van der Waals surface area contributed by atoms with Gasteiger partial charge in [-0.3, -0.25) is 9.88 Å². The molecule has 1 saturated heterocycles. The van der Waals surface area contributed by atoms with Crippen LogP contribution in [0.2, 0.25) is 0 Å². The summed E-state index contributed by atoms with van der Waals surface area (Å²) in [5.74, 6) is 0.188. The lowest BCUT2D eigenvalue weighted by Crippen LogP contribution is -2.33. The molecule has 2 amide bonds. The second kappa shape index (κ2) is 12.4. The highest BCUT2D eigenvalue weighted by Gasteiger charge is 2.44. The number of carbonyl (C=O) groups excluding carboxylic acids is 1. The topological polar surface area (TPSA) is 175 Å². The third-order valence-corrected chi connectivity index (χ3v) is 6.15. The summed E-state index contributed by atoms with van der Waals surface area (Å²) in [5.41, 5.74) is 2.63. The number of rotatable bonds is 10. The molecule has 0 unspecified atom stereocenters. The molecule has 2 aromatic heterocycles. The number of aliphatic hydroxyl groups excluding tert-OH is 4. The lowest BCUT2D eigenvalue weighted by atomic mass is 10.1. The maximum Gasteiger partial charge on any atom is 0.320 e. The van der Waals surface area contributed by atoms with Gasteiger partial charge in [0, 0.05) is 6.54 Å². The minimum absolute atomic E-state index is 0.0523. The molecule has 1 aliphatic rings. The van der Waals surface area contributed by atoms with E-state index in [1.165, 1.54) is 22.7 Å². The van der Waals surface area contributed by atoms with Gasteiger partial charge in [0.25, 0.3) is 0 Å². The predicted octanol–water partition coefficient (Wildman–Crippen LogP) is 0.946. The van der Waals surface area contributed by atoms with Crippen LogP contribution in [-0.2, 0) is 4.74 Å². The Morgan fingerprint density at radius 2 is 1.97 bits per heavy atom. The number of aliphatic hydroxyl groups is 4. The average molecular weight is 509 g/mol. The van der Waals surface area contributed by atoms with Gasteiger partial charge in [0.15, 0.2) is 28.4 Å². The lowest BCUT2D eigenvalue weighted by molar-refractivity contribution is -0.0511. The van der Waals surface area contributed by atoms with Gasteiger partial charge in [-0.15, -0.1) is 0 Å². The summed E-state index contributed by atoms with van der Waals surface area (Å²) in [6.45, 7) is 3.77. The molecular formula is C22H32N6O6S. The molecule has 192 valence electrons. The van der Waals surface area contributed by atoms with E-state index in [-0.39, 0.29) is 17.9 Å². The quantitative estimate of drug-likeness (QED) is 0.154. The summed E-state index contributed by atoms with van der Waals surface area (Å²) < 4.78 is 7.04. The molecule has 1 aliphatic heterocycles. The molecule has 2 aromatic rings. The van der Waals surface area contributed by atoms with Crippen molar-refractivity contribution < 1.29 is 30.0 Å². The van der Waals surface area contributed by atoms with Crippen LogP contribution in [0, 0.1) is 0 Å². The number of hydrogen-bond donors (Lipinski definition) is 6. The number of anilines is 1. The van der Waals surface area contributed by atoms with Crippen molar-refractivity contribution in [2.75, 3.05) is 31.3 Å². The fourth-order valence-electron chi connectivity index (χ4n) is 3.55. The maximum absolute atomic E-state index is 12.5. The van der Waals surface area contributed by atoms with E-state index in [0.29, 0.717) is 17.3 Å². The number of imidazole rings is 1. The molecule has 3 rings (SSSR count). The normalized spacial score (nSPS) is 23.2. The summed E-state index contributed by atoms with van der Waals surface area (Å²) in [4.78, 5) is 25.6. The first kappa shape index (κ1) is 27.0. The van der Waals surface area contributed by atoms with E-state index in [1.807, 2.05) is 26.0 Å². The number of carbonyl (C=O) groups is 1. The standard InChI is InChI=1S/C22H32N6O6S/c1-12(5-4-6-13(2)9-29)7-8-23-21(33)25-18-15-19(27-22(26-18)35-3)28(11-24-15)20-17(32)16(31)14(10-30)34-20/h6-7,11,14,16-17,20,29-32H,4-5,8-10H2,1-3H3,(H2,23,25,26,27,33)/b12-7+,13-6+/t14-,16-,17-,20-/m1/s1. The molecule has 4 atom stereocenters. The van der Waals surface area contributed by atoms with Crippen molar-refractivity contribution in [1.82, 2.24) is 24.8 Å². The second-order valence-corrected chi connectivity index (χ2v) is 9.02. The zero-order valence-electron chi connectivity index (χ0n) is 19.9. The third-order valence-electron chi connectivity index (χ3n) is 5.60. The number of fused-ring (bicyclic) bond motifs is 1. The molecular weight excluding hydrogens is 476 g/mol. The van der Waals surface area contributed by atoms with Gasteiger partial charge in [-0.1, -0.05) is 35.1 Å². The molecule has 35 heavy (non-hydrogen) atoms. The Balaban J connectivity index is 1.70. The van der Waals surface area contributed by atoms with Crippen molar-refractivity contribution >= 4 is 34.8 Å². The van der Waals surface area contributed by atoms with Crippen molar-refractivity contribution in [1.29, 1.82) is 0 Å². The predicted molar refractivity (Wildman–Crippen MR) is 131 cm³/mol. The first-order valence-corrected chi connectivity index (χ1v) is 12.4. The summed E-state index contributed by atoms with van der Waals surface area (Å²) in [7, 11) is 0. The summed E-state index contributed by atoms with van der Waals surface area (Å²) in [5, 5.41) is 44.7. The Bertz CT molecular complexity index is 1090. The van der Waals surface area contributed by atoms with Crippen molar-refractivity contribution in [3.05, 3.63) is 29.6 Å². The fraction of sp³-hybridized carbons (Fsp3) is 0.545. The Morgan fingerprint density at radius 1 is 1.20 bits per heavy atom. The van der Waals surface area contributed by atoms with Crippen LogP contribution >= 0.6 is 11.8 Å². The SMILES string of the molecule is CSc1nc(NC(=O)NC/C=C(\C)CC/C=C(\C)CO)c2ncn([C@@H]3O[C@H](CO)[C@@H](O)[C@H]3O)c2n1. The second-order valence-electron chi connectivity index (χ2n) is 8.24. The van der Waals surface area contributed by atoms with Gasteiger partial charge in [0.05, 0.1) is 19.5 Å². The van der Waals surface area contributed by atoms with Gasteiger partial charge in [-0.2, -0.15) is 0 Å². The number of thioether (sulfide) groups is 1. The molecule has 0 radical (unpaired) electrons. The number of allylic oxidation sites excluding steroid dienone is 2. The first-order chi connectivity index (χ1) is 16.8. The molecule has 0 aliphatic carbocycles. The number of ether oxygens (including phenoxy) is 1. The molecule has 3 heterocycles. The lowest BCUT2D eigenvalue weighted by Gasteiger charge is -2.17. The maximum atomic E-state index is 12.5. The minimum atomic E-state index is -1.30. The molecule has 1 fully saturated rings. The third kappa shape index (κ3) is 6.57. The zero-order valence-corrected chi connectivity index (χ0v) is 20.7. The highest BCUT2D eigenvalue weighted by molar-refractivity contribution is 7.98. The van der Waals surface area contributed by atoms with E-state index in [0.717, 1.165) is 24.0 Å². The van der Waals surface area contributed by atoms with Crippen LogP contribution in [0.1, 0.15) is 32.9 Å². The van der Waals surface area contributed by atoms with Gasteiger partial charge in [0.1, 0.15) is 18.3 Å². The van der Waals surface area contributed by atoms with E-state index in [9.17, 15) is 20.1 Å². The summed E-state index contributed by atoms with van der Waals surface area (Å²) in [6.07, 6.45) is 4.19. The Kier molecular flexibility index (Phi) is 9.60. The van der Waals surface area contributed by atoms with E-state index in [4.69, 9.17) is 9.84 Å². The number of aromatic nitrogens is 4. The van der Waals surface area contributed by atoms with E-state index >= 15 is 0 Å². The van der Waals surface area contributed by atoms with Gasteiger partial charge in [0.2, 0.25) is 0 Å². The largest absolute Gasteiger partial charge is 0.394 e. The Hall–Kier alpha value is -2.55. The molecule has 0 spiro atoms. The molecule has 0 saturated carbocycles. The zero-order chi connectivity index (χ0) is 25.5. The summed E-state index contributed by atoms with van der Waals surface area (Å²) >= 11 is 1.26. The van der Waals surface area contributed by atoms with Crippen molar-refractivity contribution in [2.24, 2.45) is 0 Å². The van der Waals surface area contributed by atoms with Crippen LogP contribution < -0.4 is 10.6 Å². The molecule has 13 heteroatoms. The number of urea groups is 1. The molecule has 0 bridgehead atoms. The van der Waals surface area contributed by atoms with Crippen LogP contribution in [0.15, 0.2) is 34.8 Å². The van der Waals surface area contributed by atoms with Crippen LogP contribution in [-0.4, -0.2) is 90.3 Å². The first-order valence-electron chi connectivity index (χ1n) is 11.2. The highest BCUT2D eigenvalue weighted by atomic mass is 32.2. The van der Waals surface area contributed by atoms with Crippen molar-refractivity contribution in [3.8, 4) is 0 Å². The van der Waals surface area contributed by atoms with Gasteiger partial charge in [-0.05, 0) is 32.9 Å². The van der Waals surface area contributed by atoms with Gasteiger partial charge < -0.3 is 30.5 Å². The monoisotopic (exact) mass is 508 g/mol. The highest BCUT2D eigenvalue weighted by Crippen LogP contribution is 2.33. The smallest absolute Gasteiger partial charge is 0.320 e. The van der Waals surface area contributed by atoms with E-state index < -0.39 is 37.2 Å². The number of nitrogens with one attached hydrogen (secondary N) is 2. The van der Waals surface area contributed by atoms with Crippen LogP contribution in [0.3, 0.4) is 0 Å². The van der Waals surface area contributed by atoms with Gasteiger partial charge in [-0.25, -0.2) is 19.7 Å². The Labute approximate surface area is 207 Å². The number of nitrogens with zero attached hydrogens (tertiary/aromatic N) is 4. The molecule has 12 nitrogen and oxygen atoms in total. The van der Waals surface area contributed by atoms with Crippen molar-refractivity contribution in [3.63, 3.8) is 0 Å². The Morgan fingerprint density at radius 3 is 2.63 bits per heavy atom. The van der Waals surface area contributed by atoms with Crippen LogP contribution in [0.4, 0.5) is 10.6 Å². The number of hydrogen-bond acceptors (Lipinski definition) is 10. The van der Waals surface area contributed by atoms with E-state index in [1.54, 1.807) is 6.26 Å². The van der Waals surface area contributed by atoms with Crippen LogP contribution in [0.25, 0.3) is 11.2 Å². The minimum Gasteiger partial charge on any atom is -0.394 e. The fourth-order valence-corrected chi connectivity index (χ4v) is 3.91. The number of amides is 2. The van der Waals surface area contributed by atoms with Crippen molar-refractivity contribution in [2.45, 2.75) is 56.4 Å². The van der Waals surface area contributed by atoms with Crippen LogP contribution in [0.5, 0.6) is 0 Å². The molecule has 0 aromatic carbocycles. The molecule has 6 N–H and O–H groups in total. The average Bonchev–Trinajstić information content (AvgIpc) is 3.39. The van der Waals surface area contributed by atoms with E-state index in [2.05, 4.69) is 25.6 Å².